The van der Waals surface area contributed by atoms with Gasteiger partial charge in [-0.2, -0.15) is 5.26 Å². The third-order valence-electron chi connectivity index (χ3n) is 1.79. The summed E-state index contributed by atoms with van der Waals surface area (Å²) in [6, 6.07) is 1.60. The van der Waals surface area contributed by atoms with Crippen LogP contribution in [-0.2, 0) is 11.2 Å². The second-order valence-electron chi connectivity index (χ2n) is 2.83. The summed E-state index contributed by atoms with van der Waals surface area (Å²) >= 11 is 1.58. The zero-order chi connectivity index (χ0) is 12.3. The van der Waals surface area contributed by atoms with Gasteiger partial charge in [0.05, 0.1) is 23.2 Å². The molecule has 1 N–H and O–H groups in total. The van der Waals surface area contributed by atoms with E-state index >= 15 is 0 Å². The third kappa shape index (κ3) is 2.63. The molecule has 1 heterocycles. The molecule has 0 saturated carbocycles. The molecule has 0 aliphatic carbocycles. The van der Waals surface area contributed by atoms with Gasteiger partial charge >= 0.3 is 5.97 Å². The highest BCUT2D eigenvalue weighted by Gasteiger charge is 2.21. The fraction of sp³-hybridized carbons (Fsp3) is 0.222. The number of nitriles is 1. The van der Waals surface area contributed by atoms with Gasteiger partial charge in [-0.3, -0.25) is 9.78 Å². The number of rotatable bonds is 3. The van der Waals surface area contributed by atoms with E-state index in [4.69, 9.17) is 10.4 Å². The topological polar surface area (TPSA) is 74.0 Å². The lowest BCUT2D eigenvalue weighted by Gasteiger charge is -2.08. The lowest BCUT2D eigenvalue weighted by Crippen LogP contribution is -2.08. The average Bonchev–Trinajstić information content (AvgIpc) is 2.19. The van der Waals surface area contributed by atoms with Gasteiger partial charge in [0.15, 0.2) is 0 Å². The second kappa shape index (κ2) is 5.16. The Morgan fingerprint density at radius 3 is 2.75 bits per heavy atom. The van der Waals surface area contributed by atoms with Crippen molar-refractivity contribution in [2.45, 2.75) is 12.8 Å². The molecule has 1 aromatic rings. The number of halogens is 3. The van der Waals surface area contributed by atoms with Gasteiger partial charge in [0, 0.05) is 9.77 Å². The first-order chi connectivity index (χ1) is 7.47. The minimum atomic E-state index is -2.82. The standard InChI is InChI=1S/C9H5F2IN2O2/c10-9(11)7-4(2-13)3-14-5(8(7)12)1-6(15)16/h3,9H,1H2,(H,15,16). The van der Waals surface area contributed by atoms with E-state index in [2.05, 4.69) is 4.98 Å². The van der Waals surface area contributed by atoms with Crippen molar-refractivity contribution in [1.82, 2.24) is 4.98 Å². The van der Waals surface area contributed by atoms with E-state index in [0.29, 0.717) is 0 Å². The highest BCUT2D eigenvalue weighted by atomic mass is 127. The van der Waals surface area contributed by atoms with Crippen LogP contribution in [-0.4, -0.2) is 16.1 Å². The fourth-order valence-electron chi connectivity index (χ4n) is 1.11. The van der Waals surface area contributed by atoms with Gasteiger partial charge < -0.3 is 5.11 Å². The highest BCUT2D eigenvalue weighted by molar-refractivity contribution is 14.1. The first-order valence-electron chi connectivity index (χ1n) is 4.04. The van der Waals surface area contributed by atoms with Crippen LogP contribution in [0.15, 0.2) is 6.20 Å². The number of hydrogen-bond acceptors (Lipinski definition) is 3. The summed E-state index contributed by atoms with van der Waals surface area (Å²) in [5.41, 5.74) is -0.634. The average molecular weight is 338 g/mol. The molecule has 0 unspecified atom stereocenters. The van der Waals surface area contributed by atoms with E-state index in [1.54, 1.807) is 28.7 Å². The maximum Gasteiger partial charge on any atom is 0.309 e. The van der Waals surface area contributed by atoms with Gasteiger partial charge in [-0.1, -0.05) is 0 Å². The summed E-state index contributed by atoms with van der Waals surface area (Å²) in [5.74, 6) is -1.16. The molecule has 0 aliphatic heterocycles. The fourth-order valence-corrected chi connectivity index (χ4v) is 1.97. The Labute approximate surface area is 103 Å². The van der Waals surface area contributed by atoms with Crippen LogP contribution in [0.1, 0.15) is 23.2 Å². The minimum absolute atomic E-state index is 0.0362. The molecule has 1 rings (SSSR count). The summed E-state index contributed by atoms with van der Waals surface area (Å²) in [5, 5.41) is 17.2. The Hall–Kier alpha value is -1.30. The molecule has 0 radical (unpaired) electrons. The molecule has 0 atom stereocenters. The predicted molar refractivity (Wildman–Crippen MR) is 58.0 cm³/mol. The molecule has 0 aliphatic rings. The molecule has 1 aromatic heterocycles. The molecule has 0 saturated heterocycles. The zero-order valence-electron chi connectivity index (χ0n) is 7.75. The first-order valence-corrected chi connectivity index (χ1v) is 5.12. The molecule has 0 aromatic carbocycles. The van der Waals surface area contributed by atoms with Crippen LogP contribution in [0.3, 0.4) is 0 Å². The monoisotopic (exact) mass is 338 g/mol. The molecule has 0 amide bonds. The second-order valence-corrected chi connectivity index (χ2v) is 3.91. The van der Waals surface area contributed by atoms with Gasteiger partial charge in [0.2, 0.25) is 0 Å². The van der Waals surface area contributed by atoms with Crippen molar-refractivity contribution in [2.75, 3.05) is 0 Å². The van der Waals surface area contributed by atoms with Crippen LogP contribution >= 0.6 is 22.6 Å². The van der Waals surface area contributed by atoms with Crippen LogP contribution in [0, 0.1) is 14.9 Å². The number of aliphatic carboxylic acids is 1. The van der Waals surface area contributed by atoms with Crippen LogP contribution in [0.4, 0.5) is 8.78 Å². The summed E-state index contributed by atoms with van der Waals surface area (Å²) in [7, 11) is 0. The van der Waals surface area contributed by atoms with Crippen LogP contribution in [0.5, 0.6) is 0 Å². The molecule has 7 heteroatoms. The maximum absolute atomic E-state index is 12.7. The van der Waals surface area contributed by atoms with Crippen molar-refractivity contribution in [3.8, 4) is 6.07 Å². The summed E-state index contributed by atoms with van der Waals surface area (Å²) in [6.45, 7) is 0. The molecule has 0 bridgehead atoms. The Morgan fingerprint density at radius 2 is 2.31 bits per heavy atom. The smallest absolute Gasteiger partial charge is 0.309 e. The van der Waals surface area contributed by atoms with Crippen LogP contribution in [0.2, 0.25) is 0 Å². The number of nitrogens with zero attached hydrogens (tertiary/aromatic N) is 2. The van der Waals surface area contributed by atoms with Gasteiger partial charge in [-0.15, -0.1) is 0 Å². The number of carboxylic acids is 1. The lowest BCUT2D eigenvalue weighted by atomic mass is 10.1. The summed E-state index contributed by atoms with van der Waals surface area (Å²) in [6.07, 6.45) is -2.29. The summed E-state index contributed by atoms with van der Waals surface area (Å²) in [4.78, 5) is 14.1. The van der Waals surface area contributed by atoms with Crippen molar-refractivity contribution in [3.05, 3.63) is 26.6 Å². The minimum Gasteiger partial charge on any atom is -0.481 e. The van der Waals surface area contributed by atoms with Crippen molar-refractivity contribution in [2.24, 2.45) is 0 Å². The Balaban J connectivity index is 3.33. The van der Waals surface area contributed by atoms with Crippen LogP contribution < -0.4 is 0 Å². The molecular formula is C9H5F2IN2O2. The SMILES string of the molecule is N#Cc1cnc(CC(=O)O)c(I)c1C(F)F. The number of aromatic nitrogens is 1. The number of alkyl halides is 2. The van der Waals surface area contributed by atoms with E-state index < -0.39 is 24.4 Å². The van der Waals surface area contributed by atoms with Gasteiger partial charge in [-0.05, 0) is 22.6 Å². The molecule has 84 valence electrons. The quantitative estimate of drug-likeness (QED) is 0.857. The van der Waals surface area contributed by atoms with E-state index in [0.717, 1.165) is 6.20 Å². The Bertz CT molecular complexity index is 471. The Kier molecular flexibility index (Phi) is 4.12. The molecule has 16 heavy (non-hydrogen) atoms. The lowest BCUT2D eigenvalue weighted by molar-refractivity contribution is -0.136. The maximum atomic E-state index is 12.7. The first kappa shape index (κ1) is 12.8. The van der Waals surface area contributed by atoms with E-state index in [1.807, 2.05) is 0 Å². The van der Waals surface area contributed by atoms with Crippen molar-refractivity contribution >= 4 is 28.6 Å². The molecule has 4 nitrogen and oxygen atoms in total. The van der Waals surface area contributed by atoms with Crippen molar-refractivity contribution in [3.63, 3.8) is 0 Å². The molecule has 0 spiro atoms. The summed E-state index contributed by atoms with van der Waals surface area (Å²) < 4.78 is 25.4. The number of carboxylic acid groups (broad SMARTS) is 1. The Morgan fingerprint density at radius 1 is 1.69 bits per heavy atom. The highest BCUT2D eigenvalue weighted by Crippen LogP contribution is 2.29. The van der Waals surface area contributed by atoms with Gasteiger partial charge in [-0.25, -0.2) is 8.78 Å². The van der Waals surface area contributed by atoms with Gasteiger partial charge in [0.25, 0.3) is 6.43 Å². The van der Waals surface area contributed by atoms with E-state index in [9.17, 15) is 13.6 Å². The molecule has 0 fully saturated rings. The molecular weight excluding hydrogens is 333 g/mol. The normalized spacial score (nSPS) is 10.2. The van der Waals surface area contributed by atoms with E-state index in [1.165, 1.54) is 0 Å². The van der Waals surface area contributed by atoms with Crippen molar-refractivity contribution < 1.29 is 18.7 Å². The third-order valence-corrected chi connectivity index (χ3v) is 2.99. The van der Waals surface area contributed by atoms with Crippen molar-refractivity contribution in [1.29, 1.82) is 5.26 Å². The number of hydrogen-bond donors (Lipinski definition) is 1. The largest absolute Gasteiger partial charge is 0.481 e. The number of pyridine rings is 1. The van der Waals surface area contributed by atoms with Crippen LogP contribution in [0.25, 0.3) is 0 Å². The number of carbonyl (C=O) groups is 1. The van der Waals surface area contributed by atoms with Gasteiger partial charge in [0.1, 0.15) is 6.07 Å². The zero-order valence-corrected chi connectivity index (χ0v) is 9.90. The predicted octanol–water partition coefficient (Wildman–Crippen LogP) is 2.12. The van der Waals surface area contributed by atoms with E-state index in [-0.39, 0.29) is 14.8 Å².